The van der Waals surface area contributed by atoms with E-state index in [0.29, 0.717) is 22.9 Å². The summed E-state index contributed by atoms with van der Waals surface area (Å²) in [6.07, 6.45) is -0.191. The van der Waals surface area contributed by atoms with Gasteiger partial charge in [-0.05, 0) is 57.2 Å². The molecule has 3 aromatic rings. The van der Waals surface area contributed by atoms with Gasteiger partial charge in [0.25, 0.3) is 11.1 Å². The number of rotatable bonds is 9. The SMILES string of the molecule is Cc1ccc(OCc2nnc(SCC(=O)Nc3ccc(C(=O)OC(C)C)cc3)o2)cc1. The van der Waals surface area contributed by atoms with E-state index >= 15 is 0 Å². The molecule has 0 aliphatic carbocycles. The molecule has 0 saturated heterocycles. The maximum absolute atomic E-state index is 12.2. The van der Waals surface area contributed by atoms with Crippen LogP contribution in [-0.4, -0.2) is 33.9 Å². The second-order valence-corrected chi connectivity index (χ2v) is 7.86. The quantitative estimate of drug-likeness (QED) is 0.388. The summed E-state index contributed by atoms with van der Waals surface area (Å²) < 4.78 is 16.2. The van der Waals surface area contributed by atoms with Crippen molar-refractivity contribution in [2.75, 3.05) is 11.1 Å². The minimum absolute atomic E-state index is 0.0948. The van der Waals surface area contributed by atoms with Crippen LogP contribution in [0.15, 0.2) is 58.2 Å². The van der Waals surface area contributed by atoms with Gasteiger partial charge in [-0.1, -0.05) is 29.5 Å². The van der Waals surface area contributed by atoms with Crippen LogP contribution in [0.5, 0.6) is 5.75 Å². The molecule has 0 bridgehead atoms. The molecule has 1 aromatic heterocycles. The number of aryl methyl sites for hydroxylation is 1. The number of carbonyl (C=O) groups is 2. The highest BCUT2D eigenvalue weighted by atomic mass is 32.2. The van der Waals surface area contributed by atoms with Gasteiger partial charge in [0.1, 0.15) is 5.75 Å². The zero-order chi connectivity index (χ0) is 22.2. The van der Waals surface area contributed by atoms with E-state index < -0.39 is 5.97 Å². The van der Waals surface area contributed by atoms with E-state index in [1.54, 1.807) is 38.1 Å². The van der Waals surface area contributed by atoms with Crippen molar-refractivity contribution in [2.45, 2.75) is 38.7 Å². The number of nitrogens with zero attached hydrogens (tertiary/aromatic N) is 2. The molecule has 1 heterocycles. The third-order valence-corrected chi connectivity index (χ3v) is 4.72. The Hall–Kier alpha value is -3.33. The van der Waals surface area contributed by atoms with Crippen molar-refractivity contribution in [3.63, 3.8) is 0 Å². The lowest BCUT2D eigenvalue weighted by molar-refractivity contribution is -0.113. The van der Waals surface area contributed by atoms with Crippen LogP contribution >= 0.6 is 11.8 Å². The number of anilines is 1. The molecule has 1 N–H and O–H groups in total. The predicted octanol–water partition coefficient (Wildman–Crippen LogP) is 4.25. The van der Waals surface area contributed by atoms with Gasteiger partial charge in [0.15, 0.2) is 6.61 Å². The highest BCUT2D eigenvalue weighted by Crippen LogP contribution is 2.19. The Balaban J connectivity index is 1.43. The Morgan fingerprint density at radius 1 is 1.06 bits per heavy atom. The van der Waals surface area contributed by atoms with Gasteiger partial charge in [-0.15, -0.1) is 10.2 Å². The number of amides is 1. The molecule has 0 saturated carbocycles. The molecule has 3 rings (SSSR count). The van der Waals surface area contributed by atoms with E-state index in [9.17, 15) is 9.59 Å². The highest BCUT2D eigenvalue weighted by Gasteiger charge is 2.12. The number of thioether (sulfide) groups is 1. The maximum Gasteiger partial charge on any atom is 0.338 e. The average molecular weight is 442 g/mol. The second-order valence-electron chi connectivity index (χ2n) is 6.93. The summed E-state index contributed by atoms with van der Waals surface area (Å²) in [4.78, 5) is 24.0. The van der Waals surface area contributed by atoms with Crippen LogP contribution in [-0.2, 0) is 16.1 Å². The molecule has 0 aliphatic heterocycles. The molecule has 162 valence electrons. The summed E-state index contributed by atoms with van der Waals surface area (Å²) in [7, 11) is 0. The van der Waals surface area contributed by atoms with E-state index in [4.69, 9.17) is 13.9 Å². The van der Waals surface area contributed by atoms with Crippen molar-refractivity contribution in [1.29, 1.82) is 0 Å². The van der Waals surface area contributed by atoms with Gasteiger partial charge in [-0.25, -0.2) is 4.79 Å². The first kappa shape index (κ1) is 22.4. The van der Waals surface area contributed by atoms with Gasteiger partial charge in [-0.3, -0.25) is 4.79 Å². The standard InChI is InChI=1S/C22H23N3O5S/c1-14(2)29-21(27)16-6-8-17(9-7-16)23-19(26)13-31-22-25-24-20(30-22)12-28-18-10-4-15(3)5-11-18/h4-11,14H,12-13H2,1-3H3,(H,23,26). The molecule has 0 radical (unpaired) electrons. The van der Waals surface area contributed by atoms with Gasteiger partial charge >= 0.3 is 5.97 Å². The van der Waals surface area contributed by atoms with Gasteiger partial charge < -0.3 is 19.2 Å². The Labute approximate surface area is 184 Å². The van der Waals surface area contributed by atoms with E-state index in [0.717, 1.165) is 17.3 Å². The van der Waals surface area contributed by atoms with Crippen molar-refractivity contribution in [3.8, 4) is 5.75 Å². The molecule has 0 unspecified atom stereocenters. The summed E-state index contributed by atoms with van der Waals surface area (Å²) in [5, 5.41) is 10.9. The fourth-order valence-corrected chi connectivity index (χ4v) is 3.01. The lowest BCUT2D eigenvalue weighted by Gasteiger charge is -2.08. The van der Waals surface area contributed by atoms with Gasteiger partial charge in [0, 0.05) is 5.69 Å². The van der Waals surface area contributed by atoms with Crippen LogP contribution in [0.1, 0.15) is 35.7 Å². The van der Waals surface area contributed by atoms with Crippen molar-refractivity contribution in [1.82, 2.24) is 10.2 Å². The monoisotopic (exact) mass is 441 g/mol. The largest absolute Gasteiger partial charge is 0.484 e. The summed E-state index contributed by atoms with van der Waals surface area (Å²) in [5.74, 6) is 0.491. The molecule has 0 fully saturated rings. The Morgan fingerprint density at radius 2 is 1.77 bits per heavy atom. The lowest BCUT2D eigenvalue weighted by atomic mass is 10.2. The number of carbonyl (C=O) groups excluding carboxylic acids is 2. The zero-order valence-corrected chi connectivity index (χ0v) is 18.3. The minimum atomic E-state index is -0.401. The summed E-state index contributed by atoms with van der Waals surface area (Å²) >= 11 is 1.13. The molecule has 9 heteroatoms. The number of aromatic nitrogens is 2. The smallest absolute Gasteiger partial charge is 0.338 e. The number of nitrogens with one attached hydrogen (secondary N) is 1. The topological polar surface area (TPSA) is 104 Å². The molecular weight excluding hydrogens is 418 g/mol. The van der Waals surface area contributed by atoms with Gasteiger partial charge in [0.05, 0.1) is 17.4 Å². The first-order valence-electron chi connectivity index (χ1n) is 9.64. The van der Waals surface area contributed by atoms with Crippen LogP contribution in [0.2, 0.25) is 0 Å². The summed E-state index contributed by atoms with van der Waals surface area (Å²) in [5.41, 5.74) is 2.14. The third-order valence-electron chi connectivity index (χ3n) is 3.91. The van der Waals surface area contributed by atoms with Gasteiger partial charge in [0.2, 0.25) is 5.91 Å². The van der Waals surface area contributed by atoms with Crippen molar-refractivity contribution < 1.29 is 23.5 Å². The average Bonchev–Trinajstić information content (AvgIpc) is 3.20. The van der Waals surface area contributed by atoms with E-state index in [1.165, 1.54) is 0 Å². The van der Waals surface area contributed by atoms with Crippen molar-refractivity contribution >= 4 is 29.3 Å². The molecule has 2 aromatic carbocycles. The number of benzene rings is 2. The van der Waals surface area contributed by atoms with Crippen molar-refractivity contribution in [2.24, 2.45) is 0 Å². The van der Waals surface area contributed by atoms with Crippen LogP contribution in [0, 0.1) is 6.92 Å². The Bertz CT molecular complexity index is 1020. The van der Waals surface area contributed by atoms with E-state index in [1.807, 2.05) is 31.2 Å². The molecule has 0 aliphatic rings. The predicted molar refractivity (Wildman–Crippen MR) is 116 cm³/mol. The fraction of sp³-hybridized carbons (Fsp3) is 0.273. The summed E-state index contributed by atoms with van der Waals surface area (Å²) in [6, 6.07) is 14.1. The molecule has 8 nitrogen and oxygen atoms in total. The molecule has 1 amide bonds. The summed E-state index contributed by atoms with van der Waals surface area (Å²) in [6.45, 7) is 5.72. The normalized spacial score (nSPS) is 10.7. The third kappa shape index (κ3) is 7.14. The molecular formula is C22H23N3O5S. The van der Waals surface area contributed by atoms with Crippen LogP contribution in [0.25, 0.3) is 0 Å². The number of hydrogen-bond acceptors (Lipinski definition) is 8. The number of hydrogen-bond donors (Lipinski definition) is 1. The number of ether oxygens (including phenoxy) is 2. The molecule has 0 spiro atoms. The first-order valence-corrected chi connectivity index (χ1v) is 10.6. The molecule has 0 atom stereocenters. The molecule has 31 heavy (non-hydrogen) atoms. The van der Waals surface area contributed by atoms with Gasteiger partial charge in [-0.2, -0.15) is 0 Å². The van der Waals surface area contributed by atoms with Crippen LogP contribution in [0.4, 0.5) is 5.69 Å². The van der Waals surface area contributed by atoms with E-state index in [-0.39, 0.29) is 29.6 Å². The van der Waals surface area contributed by atoms with Crippen molar-refractivity contribution in [3.05, 3.63) is 65.5 Å². The Kier molecular flexibility index (Phi) is 7.66. The Morgan fingerprint density at radius 3 is 2.45 bits per heavy atom. The highest BCUT2D eigenvalue weighted by molar-refractivity contribution is 7.99. The van der Waals surface area contributed by atoms with E-state index in [2.05, 4.69) is 15.5 Å². The van der Waals surface area contributed by atoms with Crippen LogP contribution < -0.4 is 10.1 Å². The minimum Gasteiger partial charge on any atom is -0.484 e. The lowest BCUT2D eigenvalue weighted by Crippen LogP contribution is -2.14. The fourth-order valence-electron chi connectivity index (χ4n) is 2.43. The second kappa shape index (κ2) is 10.6. The zero-order valence-electron chi connectivity index (χ0n) is 17.5. The maximum atomic E-state index is 12.2. The first-order chi connectivity index (χ1) is 14.9. The van der Waals surface area contributed by atoms with Crippen LogP contribution in [0.3, 0.4) is 0 Å². The number of esters is 1.